The van der Waals surface area contributed by atoms with Crippen LogP contribution in [0.15, 0.2) is 18.2 Å². The van der Waals surface area contributed by atoms with Crippen LogP contribution in [-0.4, -0.2) is 29.6 Å². The molecular weight excluding hydrogens is 263 g/mol. The maximum atomic E-state index is 13.3. The number of halogens is 1. The molecule has 0 saturated carbocycles. The maximum Gasteiger partial charge on any atom is 0.313 e. The monoisotopic (exact) mass is 282 g/mol. The number of hydrogen-bond donors (Lipinski definition) is 3. The molecule has 0 radical (unpaired) electrons. The van der Waals surface area contributed by atoms with Crippen molar-refractivity contribution in [3.05, 3.63) is 29.6 Å². The van der Waals surface area contributed by atoms with Crippen molar-refractivity contribution in [2.45, 2.75) is 32.8 Å². The minimum atomic E-state index is -0.862. The van der Waals surface area contributed by atoms with Gasteiger partial charge in [0.15, 0.2) is 0 Å². The number of rotatable bonds is 5. The van der Waals surface area contributed by atoms with Gasteiger partial charge in [0.2, 0.25) is 0 Å². The van der Waals surface area contributed by atoms with Gasteiger partial charge in [-0.25, -0.2) is 4.39 Å². The molecule has 0 heterocycles. The number of anilines is 1. The van der Waals surface area contributed by atoms with Gasteiger partial charge in [-0.1, -0.05) is 13.0 Å². The first-order valence-corrected chi connectivity index (χ1v) is 6.47. The third-order valence-corrected chi connectivity index (χ3v) is 2.87. The van der Waals surface area contributed by atoms with Crippen molar-refractivity contribution in [3.63, 3.8) is 0 Å². The zero-order valence-electron chi connectivity index (χ0n) is 11.6. The molecule has 6 heteroatoms. The molecule has 1 unspecified atom stereocenters. The van der Waals surface area contributed by atoms with Crippen LogP contribution in [0.1, 0.15) is 25.3 Å². The SMILES string of the molecule is CCC(O)CCNC(=O)C(=O)Nc1ccc(C)c(F)c1. The summed E-state index contributed by atoms with van der Waals surface area (Å²) in [5.41, 5.74) is 0.683. The average molecular weight is 282 g/mol. The summed E-state index contributed by atoms with van der Waals surface area (Å²) < 4.78 is 13.3. The van der Waals surface area contributed by atoms with Crippen molar-refractivity contribution in [2.75, 3.05) is 11.9 Å². The fraction of sp³-hybridized carbons (Fsp3) is 0.429. The van der Waals surface area contributed by atoms with E-state index in [-0.39, 0.29) is 12.2 Å². The van der Waals surface area contributed by atoms with Crippen LogP contribution >= 0.6 is 0 Å². The van der Waals surface area contributed by atoms with Crippen LogP contribution in [0.2, 0.25) is 0 Å². The van der Waals surface area contributed by atoms with E-state index >= 15 is 0 Å². The highest BCUT2D eigenvalue weighted by Crippen LogP contribution is 2.13. The Bertz CT molecular complexity index is 491. The van der Waals surface area contributed by atoms with E-state index in [1.807, 2.05) is 6.92 Å². The number of amides is 2. The summed E-state index contributed by atoms with van der Waals surface area (Å²) in [7, 11) is 0. The number of carbonyl (C=O) groups is 2. The number of aliphatic hydroxyl groups excluding tert-OH is 1. The zero-order chi connectivity index (χ0) is 15.1. The Morgan fingerprint density at radius 3 is 2.65 bits per heavy atom. The second-order valence-electron chi connectivity index (χ2n) is 4.52. The van der Waals surface area contributed by atoms with Gasteiger partial charge in [-0.2, -0.15) is 0 Å². The number of aliphatic hydroxyl groups is 1. The molecule has 2 amide bonds. The second kappa shape index (κ2) is 7.59. The summed E-state index contributed by atoms with van der Waals surface area (Å²) in [5.74, 6) is -2.12. The highest BCUT2D eigenvalue weighted by atomic mass is 19.1. The standard InChI is InChI=1S/C14H19FN2O3/c1-3-11(18)6-7-16-13(19)14(20)17-10-5-4-9(2)12(15)8-10/h4-5,8,11,18H,3,6-7H2,1-2H3,(H,16,19)(H,17,20). The topological polar surface area (TPSA) is 78.4 Å². The molecule has 0 spiro atoms. The quantitative estimate of drug-likeness (QED) is 0.713. The number of benzene rings is 1. The molecule has 0 aliphatic carbocycles. The Hall–Kier alpha value is -1.95. The summed E-state index contributed by atoms with van der Waals surface area (Å²) in [6.45, 7) is 3.64. The van der Waals surface area contributed by atoms with Crippen LogP contribution in [-0.2, 0) is 9.59 Å². The Morgan fingerprint density at radius 1 is 1.35 bits per heavy atom. The van der Waals surface area contributed by atoms with E-state index in [0.717, 1.165) is 6.07 Å². The van der Waals surface area contributed by atoms with Crippen LogP contribution in [0.5, 0.6) is 0 Å². The van der Waals surface area contributed by atoms with Gasteiger partial charge in [0, 0.05) is 12.2 Å². The van der Waals surface area contributed by atoms with Gasteiger partial charge in [0.25, 0.3) is 0 Å². The molecule has 1 aromatic carbocycles. The van der Waals surface area contributed by atoms with Crippen LogP contribution in [0.3, 0.4) is 0 Å². The first-order chi connectivity index (χ1) is 9.43. The third kappa shape index (κ3) is 4.97. The van der Waals surface area contributed by atoms with Gasteiger partial charge >= 0.3 is 11.8 Å². The molecule has 5 nitrogen and oxygen atoms in total. The molecular formula is C14H19FN2O3. The van der Waals surface area contributed by atoms with Gasteiger partial charge in [-0.05, 0) is 37.5 Å². The second-order valence-corrected chi connectivity index (χ2v) is 4.52. The fourth-order valence-corrected chi connectivity index (χ4v) is 1.50. The van der Waals surface area contributed by atoms with E-state index in [4.69, 9.17) is 0 Å². The fourth-order valence-electron chi connectivity index (χ4n) is 1.50. The average Bonchev–Trinajstić information content (AvgIpc) is 2.42. The Labute approximate surface area is 117 Å². The van der Waals surface area contributed by atoms with E-state index in [2.05, 4.69) is 10.6 Å². The number of carbonyl (C=O) groups excluding carboxylic acids is 2. The van der Waals surface area contributed by atoms with Gasteiger partial charge in [0.05, 0.1) is 6.10 Å². The van der Waals surface area contributed by atoms with Crippen molar-refractivity contribution in [1.29, 1.82) is 0 Å². The molecule has 0 saturated heterocycles. The maximum absolute atomic E-state index is 13.3. The van der Waals surface area contributed by atoms with Crippen molar-refractivity contribution >= 4 is 17.5 Å². The summed E-state index contributed by atoms with van der Waals surface area (Å²) in [4.78, 5) is 23.0. The largest absolute Gasteiger partial charge is 0.393 e. The Balaban J connectivity index is 2.45. The van der Waals surface area contributed by atoms with Crippen LogP contribution in [0.25, 0.3) is 0 Å². The van der Waals surface area contributed by atoms with Crippen molar-refractivity contribution in [2.24, 2.45) is 0 Å². The number of nitrogens with one attached hydrogen (secondary N) is 2. The lowest BCUT2D eigenvalue weighted by atomic mass is 10.2. The predicted molar refractivity (Wildman–Crippen MR) is 73.7 cm³/mol. The molecule has 0 fully saturated rings. The lowest BCUT2D eigenvalue weighted by Gasteiger charge is -2.09. The smallest absolute Gasteiger partial charge is 0.313 e. The van der Waals surface area contributed by atoms with Gasteiger partial charge < -0.3 is 15.7 Å². The summed E-state index contributed by atoms with van der Waals surface area (Å²) in [5, 5.41) is 14.0. The molecule has 1 aromatic rings. The molecule has 0 aromatic heterocycles. The zero-order valence-corrected chi connectivity index (χ0v) is 11.6. The predicted octanol–water partition coefficient (Wildman–Crippen LogP) is 1.35. The van der Waals surface area contributed by atoms with E-state index in [0.29, 0.717) is 18.4 Å². The van der Waals surface area contributed by atoms with Crippen LogP contribution < -0.4 is 10.6 Å². The molecule has 0 aliphatic rings. The number of aryl methyl sites for hydroxylation is 1. The molecule has 20 heavy (non-hydrogen) atoms. The van der Waals surface area contributed by atoms with Gasteiger partial charge in [-0.15, -0.1) is 0 Å². The molecule has 3 N–H and O–H groups in total. The lowest BCUT2D eigenvalue weighted by Crippen LogP contribution is -2.36. The molecule has 1 atom stereocenters. The minimum absolute atomic E-state index is 0.212. The van der Waals surface area contributed by atoms with E-state index in [9.17, 15) is 19.1 Å². The molecule has 0 bridgehead atoms. The highest BCUT2D eigenvalue weighted by molar-refractivity contribution is 6.39. The summed E-state index contributed by atoms with van der Waals surface area (Å²) in [6, 6.07) is 4.19. The normalized spacial score (nSPS) is 11.8. The first-order valence-electron chi connectivity index (χ1n) is 6.47. The first kappa shape index (κ1) is 16.1. The van der Waals surface area contributed by atoms with Crippen molar-refractivity contribution < 1.29 is 19.1 Å². The van der Waals surface area contributed by atoms with E-state index in [1.165, 1.54) is 12.1 Å². The Kier molecular flexibility index (Phi) is 6.11. The van der Waals surface area contributed by atoms with Crippen molar-refractivity contribution in [1.82, 2.24) is 5.32 Å². The number of hydrogen-bond acceptors (Lipinski definition) is 3. The summed E-state index contributed by atoms with van der Waals surface area (Å²) >= 11 is 0. The lowest BCUT2D eigenvalue weighted by molar-refractivity contribution is -0.136. The molecule has 1 rings (SSSR count). The Morgan fingerprint density at radius 2 is 2.05 bits per heavy atom. The van der Waals surface area contributed by atoms with Gasteiger partial charge in [-0.3, -0.25) is 9.59 Å². The summed E-state index contributed by atoms with van der Waals surface area (Å²) in [6.07, 6.45) is 0.476. The third-order valence-electron chi connectivity index (χ3n) is 2.87. The molecule has 110 valence electrons. The highest BCUT2D eigenvalue weighted by Gasteiger charge is 2.14. The van der Waals surface area contributed by atoms with Crippen molar-refractivity contribution in [3.8, 4) is 0 Å². The van der Waals surface area contributed by atoms with E-state index in [1.54, 1.807) is 6.92 Å². The van der Waals surface area contributed by atoms with Crippen LogP contribution in [0, 0.1) is 12.7 Å². The van der Waals surface area contributed by atoms with Gasteiger partial charge in [0.1, 0.15) is 5.82 Å². The molecule has 0 aliphatic heterocycles. The minimum Gasteiger partial charge on any atom is -0.393 e. The van der Waals surface area contributed by atoms with Crippen LogP contribution in [0.4, 0.5) is 10.1 Å². The van der Waals surface area contributed by atoms with E-state index < -0.39 is 23.7 Å².